The van der Waals surface area contributed by atoms with Crippen LogP contribution in [0.1, 0.15) is 12.5 Å². The summed E-state index contributed by atoms with van der Waals surface area (Å²) in [5, 5.41) is 0. The topological polar surface area (TPSA) is 35.2 Å². The zero-order chi connectivity index (χ0) is 10.8. The molecule has 0 fully saturated rings. The van der Waals surface area contributed by atoms with Crippen molar-refractivity contribution in [2.24, 2.45) is 5.73 Å². The van der Waals surface area contributed by atoms with Crippen LogP contribution in [-0.4, -0.2) is 13.7 Å². The summed E-state index contributed by atoms with van der Waals surface area (Å²) in [5.74, 6) is -0.300. The van der Waals surface area contributed by atoms with Crippen molar-refractivity contribution in [2.45, 2.75) is 12.5 Å². The molecule has 78 valence electrons. The van der Waals surface area contributed by atoms with E-state index < -0.39 is 5.60 Å². The molecule has 0 aromatic heterocycles. The maximum Gasteiger partial charge on any atom is 0.124 e. The van der Waals surface area contributed by atoms with E-state index in [1.807, 2.05) is 6.92 Å². The molecular weight excluding hydrogens is 249 g/mol. The minimum atomic E-state index is -0.634. The van der Waals surface area contributed by atoms with Gasteiger partial charge in [-0.1, -0.05) is 15.9 Å². The van der Waals surface area contributed by atoms with Gasteiger partial charge in [0.1, 0.15) is 11.4 Å². The molecule has 0 aliphatic heterocycles. The van der Waals surface area contributed by atoms with Crippen molar-refractivity contribution in [3.8, 4) is 0 Å². The Balaban J connectivity index is 3.17. The molecule has 1 unspecified atom stereocenters. The Labute approximate surface area is 91.4 Å². The Morgan fingerprint density at radius 3 is 2.57 bits per heavy atom. The predicted molar refractivity (Wildman–Crippen MR) is 57.5 cm³/mol. The largest absolute Gasteiger partial charge is 0.372 e. The first kappa shape index (κ1) is 11.6. The molecule has 0 heterocycles. The molecule has 0 radical (unpaired) electrons. The van der Waals surface area contributed by atoms with Gasteiger partial charge in [0.2, 0.25) is 0 Å². The van der Waals surface area contributed by atoms with E-state index in [9.17, 15) is 4.39 Å². The third kappa shape index (κ3) is 2.32. The van der Waals surface area contributed by atoms with E-state index in [0.717, 1.165) is 5.56 Å². The average molecular weight is 262 g/mol. The Morgan fingerprint density at radius 1 is 1.50 bits per heavy atom. The molecule has 1 atom stereocenters. The van der Waals surface area contributed by atoms with E-state index in [2.05, 4.69) is 15.9 Å². The molecule has 1 rings (SSSR count). The molecule has 0 spiro atoms. The fraction of sp³-hybridized carbons (Fsp3) is 0.400. The normalized spacial score (nSPS) is 15.2. The second kappa shape index (κ2) is 4.38. The monoisotopic (exact) mass is 261 g/mol. The van der Waals surface area contributed by atoms with Crippen LogP contribution in [0.5, 0.6) is 0 Å². The van der Waals surface area contributed by atoms with Crippen molar-refractivity contribution < 1.29 is 9.13 Å². The minimum Gasteiger partial charge on any atom is -0.372 e. The summed E-state index contributed by atoms with van der Waals surface area (Å²) < 4.78 is 19.1. The maximum absolute atomic E-state index is 13.1. The summed E-state index contributed by atoms with van der Waals surface area (Å²) in [6.07, 6.45) is 0. The number of benzene rings is 1. The third-order valence-electron chi connectivity index (χ3n) is 2.31. The zero-order valence-electron chi connectivity index (χ0n) is 8.18. The van der Waals surface area contributed by atoms with Crippen LogP contribution in [0.15, 0.2) is 22.7 Å². The molecule has 0 saturated carbocycles. The van der Waals surface area contributed by atoms with Crippen LogP contribution in [-0.2, 0) is 10.3 Å². The maximum atomic E-state index is 13.1. The fourth-order valence-electron chi connectivity index (χ4n) is 1.18. The Morgan fingerprint density at radius 2 is 2.14 bits per heavy atom. The Bertz CT molecular complexity index is 306. The van der Waals surface area contributed by atoms with Crippen LogP contribution in [0.25, 0.3) is 0 Å². The molecule has 14 heavy (non-hydrogen) atoms. The second-order valence-corrected chi connectivity index (χ2v) is 4.21. The summed E-state index contributed by atoms with van der Waals surface area (Å²) in [6.45, 7) is 2.13. The molecule has 0 saturated heterocycles. The molecule has 0 aliphatic rings. The third-order valence-corrected chi connectivity index (χ3v) is 2.77. The smallest absolute Gasteiger partial charge is 0.124 e. The number of rotatable bonds is 3. The highest BCUT2D eigenvalue weighted by Gasteiger charge is 2.25. The van der Waals surface area contributed by atoms with E-state index in [4.69, 9.17) is 10.5 Å². The lowest BCUT2D eigenvalue weighted by Crippen LogP contribution is -2.33. The van der Waals surface area contributed by atoms with Gasteiger partial charge in [0, 0.05) is 18.1 Å². The summed E-state index contributed by atoms with van der Waals surface area (Å²) in [5.41, 5.74) is 5.68. The molecule has 2 nitrogen and oxygen atoms in total. The fourth-order valence-corrected chi connectivity index (χ4v) is 1.64. The molecule has 1 aromatic rings. The van der Waals surface area contributed by atoms with Gasteiger partial charge in [0.05, 0.1) is 0 Å². The van der Waals surface area contributed by atoms with Crippen molar-refractivity contribution in [1.82, 2.24) is 0 Å². The van der Waals surface area contributed by atoms with Gasteiger partial charge in [-0.15, -0.1) is 0 Å². The van der Waals surface area contributed by atoms with E-state index in [-0.39, 0.29) is 5.82 Å². The highest BCUT2D eigenvalue weighted by atomic mass is 79.9. The Kier molecular flexibility index (Phi) is 3.64. The standard InChI is InChI=1S/C10H13BrFNO/c1-10(6-13,14-2)7-3-8(11)5-9(12)4-7/h3-5H,6,13H2,1-2H3. The van der Waals surface area contributed by atoms with Gasteiger partial charge < -0.3 is 10.5 Å². The minimum absolute atomic E-state index is 0.300. The SMILES string of the molecule is COC(C)(CN)c1cc(F)cc(Br)c1. The van der Waals surface area contributed by atoms with Crippen molar-refractivity contribution in [1.29, 1.82) is 0 Å². The highest BCUT2D eigenvalue weighted by molar-refractivity contribution is 9.10. The van der Waals surface area contributed by atoms with Crippen molar-refractivity contribution >= 4 is 15.9 Å². The van der Waals surface area contributed by atoms with Crippen LogP contribution in [0.3, 0.4) is 0 Å². The number of ether oxygens (including phenoxy) is 1. The van der Waals surface area contributed by atoms with Gasteiger partial charge in [-0.25, -0.2) is 4.39 Å². The average Bonchev–Trinajstić information content (AvgIpc) is 2.15. The van der Waals surface area contributed by atoms with Gasteiger partial charge in [-0.2, -0.15) is 0 Å². The number of halogens is 2. The van der Waals surface area contributed by atoms with Crippen LogP contribution >= 0.6 is 15.9 Å². The first-order valence-corrected chi connectivity index (χ1v) is 5.03. The summed E-state index contributed by atoms with van der Waals surface area (Å²) in [4.78, 5) is 0. The van der Waals surface area contributed by atoms with Crippen LogP contribution in [0, 0.1) is 5.82 Å². The molecule has 2 N–H and O–H groups in total. The number of hydrogen-bond acceptors (Lipinski definition) is 2. The van der Waals surface area contributed by atoms with E-state index in [0.29, 0.717) is 11.0 Å². The van der Waals surface area contributed by atoms with Crippen LogP contribution in [0.4, 0.5) is 4.39 Å². The van der Waals surface area contributed by atoms with Crippen LogP contribution < -0.4 is 5.73 Å². The van der Waals surface area contributed by atoms with Gasteiger partial charge in [-0.05, 0) is 30.7 Å². The first-order valence-electron chi connectivity index (χ1n) is 4.23. The molecular formula is C10H13BrFNO. The summed E-state index contributed by atoms with van der Waals surface area (Å²) in [7, 11) is 1.56. The Hall–Kier alpha value is -0.450. The lowest BCUT2D eigenvalue weighted by atomic mass is 9.96. The second-order valence-electron chi connectivity index (χ2n) is 3.30. The number of nitrogens with two attached hydrogens (primary N) is 1. The molecule has 4 heteroatoms. The molecule has 0 aliphatic carbocycles. The summed E-state index contributed by atoms with van der Waals surface area (Å²) in [6, 6.07) is 4.64. The lowest BCUT2D eigenvalue weighted by Gasteiger charge is -2.27. The number of hydrogen-bond donors (Lipinski definition) is 1. The van der Waals surface area contributed by atoms with Gasteiger partial charge in [0.25, 0.3) is 0 Å². The highest BCUT2D eigenvalue weighted by Crippen LogP contribution is 2.26. The van der Waals surface area contributed by atoms with Crippen molar-refractivity contribution in [3.05, 3.63) is 34.1 Å². The predicted octanol–water partition coefficient (Wildman–Crippen LogP) is 2.41. The van der Waals surface area contributed by atoms with Crippen LogP contribution in [0.2, 0.25) is 0 Å². The molecule has 0 bridgehead atoms. The lowest BCUT2D eigenvalue weighted by molar-refractivity contribution is 0.00979. The summed E-state index contributed by atoms with van der Waals surface area (Å²) >= 11 is 3.23. The zero-order valence-corrected chi connectivity index (χ0v) is 9.77. The quantitative estimate of drug-likeness (QED) is 0.907. The van der Waals surface area contributed by atoms with E-state index >= 15 is 0 Å². The van der Waals surface area contributed by atoms with E-state index in [1.165, 1.54) is 12.1 Å². The van der Waals surface area contributed by atoms with Gasteiger partial charge in [0.15, 0.2) is 0 Å². The molecule has 1 aromatic carbocycles. The number of methoxy groups -OCH3 is 1. The first-order chi connectivity index (χ1) is 6.51. The van der Waals surface area contributed by atoms with Gasteiger partial charge >= 0.3 is 0 Å². The van der Waals surface area contributed by atoms with Crippen molar-refractivity contribution in [3.63, 3.8) is 0 Å². The van der Waals surface area contributed by atoms with Crippen molar-refractivity contribution in [2.75, 3.05) is 13.7 Å². The molecule has 0 amide bonds. The van der Waals surface area contributed by atoms with Gasteiger partial charge in [-0.3, -0.25) is 0 Å². The van der Waals surface area contributed by atoms with E-state index in [1.54, 1.807) is 13.2 Å².